The summed E-state index contributed by atoms with van der Waals surface area (Å²) in [7, 11) is 1.89. The molecule has 8 heteroatoms. The van der Waals surface area contributed by atoms with Crippen LogP contribution in [0.5, 0.6) is 0 Å². The van der Waals surface area contributed by atoms with Crippen LogP contribution in [0.25, 0.3) is 16.8 Å². The Bertz CT molecular complexity index is 1110. The van der Waals surface area contributed by atoms with Gasteiger partial charge in [0.25, 0.3) is 5.56 Å². The van der Waals surface area contributed by atoms with Gasteiger partial charge in [0.05, 0.1) is 5.56 Å². The largest absolute Gasteiger partial charge is 0.416 e. The number of pyridine rings is 1. The number of aromatic nitrogens is 1. The monoisotopic (exact) mass is 428 g/mol. The molecule has 31 heavy (non-hydrogen) atoms. The van der Waals surface area contributed by atoms with Gasteiger partial charge in [0.1, 0.15) is 0 Å². The number of hydrogen-bond donors (Lipinski definition) is 3. The van der Waals surface area contributed by atoms with Crippen molar-refractivity contribution in [1.82, 2.24) is 9.88 Å². The molecule has 3 N–H and O–H groups in total. The highest BCUT2D eigenvalue weighted by atomic mass is 19.4. The number of alkyl halides is 3. The van der Waals surface area contributed by atoms with Crippen molar-refractivity contribution >= 4 is 11.9 Å². The van der Waals surface area contributed by atoms with Crippen LogP contribution in [0, 0.1) is 5.41 Å². The quantitative estimate of drug-likeness (QED) is 0.364. The third kappa shape index (κ3) is 5.40. The Labute approximate surface area is 178 Å². The van der Waals surface area contributed by atoms with Crippen molar-refractivity contribution in [2.75, 3.05) is 25.5 Å². The van der Waals surface area contributed by atoms with Crippen LogP contribution < -0.4 is 16.2 Å². The summed E-state index contributed by atoms with van der Waals surface area (Å²) in [5, 5.41) is 14.0. The van der Waals surface area contributed by atoms with E-state index in [0.717, 1.165) is 37.3 Å². The van der Waals surface area contributed by atoms with Gasteiger partial charge in [-0.3, -0.25) is 9.36 Å². The second kappa shape index (κ2) is 9.61. The van der Waals surface area contributed by atoms with E-state index in [1.807, 2.05) is 13.1 Å². The number of nitrogens with one attached hydrogen (secondary N) is 3. The van der Waals surface area contributed by atoms with Crippen LogP contribution in [0.1, 0.15) is 17.5 Å². The van der Waals surface area contributed by atoms with E-state index in [9.17, 15) is 18.0 Å². The average Bonchev–Trinajstić information content (AvgIpc) is 2.76. The molecule has 0 fully saturated rings. The fourth-order valence-electron chi connectivity index (χ4n) is 3.19. The molecule has 0 radical (unpaired) electrons. The van der Waals surface area contributed by atoms with Crippen molar-refractivity contribution in [2.24, 2.45) is 0 Å². The summed E-state index contributed by atoms with van der Waals surface area (Å²) in [6.45, 7) is 1.63. The standard InChI is InChI=1S/C23H23F3N4O/c1-28-10-2-11-29-21-8-7-20(13-18(21)15-27)30-12-9-17(14-22(30)31)16-3-5-19(6-4-16)23(24,25)26/h3-9,12-15,27-29H,2,10-11H2,1H3. The van der Waals surface area contributed by atoms with E-state index in [1.54, 1.807) is 24.4 Å². The Balaban J connectivity index is 1.84. The first kappa shape index (κ1) is 22.3. The summed E-state index contributed by atoms with van der Waals surface area (Å²) >= 11 is 0. The lowest BCUT2D eigenvalue weighted by molar-refractivity contribution is -0.137. The van der Waals surface area contributed by atoms with Gasteiger partial charge < -0.3 is 16.0 Å². The molecule has 0 aliphatic heterocycles. The maximum Gasteiger partial charge on any atom is 0.416 e. The van der Waals surface area contributed by atoms with Crippen molar-refractivity contribution in [1.29, 1.82) is 5.41 Å². The summed E-state index contributed by atoms with van der Waals surface area (Å²) in [6, 6.07) is 13.1. The molecule has 0 aliphatic carbocycles. The molecule has 0 spiro atoms. The van der Waals surface area contributed by atoms with Crippen LogP contribution in [-0.2, 0) is 6.18 Å². The van der Waals surface area contributed by atoms with E-state index >= 15 is 0 Å². The number of rotatable bonds is 8. The lowest BCUT2D eigenvalue weighted by atomic mass is 10.0. The lowest BCUT2D eigenvalue weighted by Gasteiger charge is -2.13. The predicted octanol–water partition coefficient (Wildman–Crippen LogP) is 4.54. The van der Waals surface area contributed by atoms with Crippen molar-refractivity contribution in [3.05, 3.63) is 82.3 Å². The smallest absolute Gasteiger partial charge is 0.384 e. The molecule has 0 saturated heterocycles. The third-order valence-electron chi connectivity index (χ3n) is 4.85. The highest BCUT2D eigenvalue weighted by Gasteiger charge is 2.29. The zero-order valence-electron chi connectivity index (χ0n) is 17.0. The fourth-order valence-corrected chi connectivity index (χ4v) is 3.19. The number of nitrogens with zero attached hydrogens (tertiary/aromatic N) is 1. The minimum absolute atomic E-state index is 0.317. The SMILES string of the molecule is CNCCCNc1ccc(-n2ccc(-c3ccc(C(F)(F)F)cc3)cc2=O)cc1C=N. The molecule has 162 valence electrons. The van der Waals surface area contributed by atoms with Crippen LogP contribution >= 0.6 is 0 Å². The molecule has 5 nitrogen and oxygen atoms in total. The van der Waals surface area contributed by atoms with E-state index in [1.165, 1.54) is 29.0 Å². The zero-order valence-corrected chi connectivity index (χ0v) is 17.0. The first-order valence-corrected chi connectivity index (χ1v) is 9.77. The van der Waals surface area contributed by atoms with E-state index in [2.05, 4.69) is 10.6 Å². The van der Waals surface area contributed by atoms with Gasteiger partial charge in [0.15, 0.2) is 0 Å². The fraction of sp³-hybridized carbons (Fsp3) is 0.217. The molecule has 3 rings (SSSR count). The molecule has 1 aromatic heterocycles. The Hall–Kier alpha value is -3.39. The van der Waals surface area contributed by atoms with Gasteiger partial charge in [-0.25, -0.2) is 0 Å². The van der Waals surface area contributed by atoms with Gasteiger partial charge in [-0.1, -0.05) is 12.1 Å². The first-order valence-electron chi connectivity index (χ1n) is 9.77. The average molecular weight is 428 g/mol. The zero-order chi connectivity index (χ0) is 22.4. The van der Waals surface area contributed by atoms with Crippen LogP contribution in [0.3, 0.4) is 0 Å². The molecule has 3 aromatic rings. The van der Waals surface area contributed by atoms with Crippen LogP contribution in [0.4, 0.5) is 18.9 Å². The normalized spacial score (nSPS) is 11.4. The van der Waals surface area contributed by atoms with Gasteiger partial charge in [-0.05, 0) is 67.5 Å². The van der Waals surface area contributed by atoms with Crippen molar-refractivity contribution < 1.29 is 13.2 Å². The van der Waals surface area contributed by atoms with Crippen molar-refractivity contribution in [3.8, 4) is 16.8 Å². The van der Waals surface area contributed by atoms with Crippen LogP contribution in [0.2, 0.25) is 0 Å². The first-order chi connectivity index (χ1) is 14.8. The van der Waals surface area contributed by atoms with E-state index in [-0.39, 0.29) is 5.56 Å². The number of hydrogen-bond acceptors (Lipinski definition) is 4. The maximum absolute atomic E-state index is 12.7. The molecule has 0 aliphatic rings. The van der Waals surface area contributed by atoms with Crippen molar-refractivity contribution in [2.45, 2.75) is 12.6 Å². The Morgan fingerprint density at radius 3 is 2.35 bits per heavy atom. The van der Waals surface area contributed by atoms with Gasteiger partial charge in [-0.2, -0.15) is 13.2 Å². The van der Waals surface area contributed by atoms with Crippen molar-refractivity contribution in [3.63, 3.8) is 0 Å². The Kier molecular flexibility index (Phi) is 6.91. The van der Waals surface area contributed by atoms with E-state index in [4.69, 9.17) is 5.41 Å². The number of benzene rings is 2. The topological polar surface area (TPSA) is 69.9 Å². The van der Waals surface area contributed by atoms with E-state index < -0.39 is 11.7 Å². The van der Waals surface area contributed by atoms with Gasteiger partial charge in [0.2, 0.25) is 0 Å². The van der Waals surface area contributed by atoms with Gasteiger partial charge >= 0.3 is 6.18 Å². The maximum atomic E-state index is 12.7. The minimum Gasteiger partial charge on any atom is -0.384 e. The number of anilines is 1. The van der Waals surface area contributed by atoms with Crippen LogP contribution in [0.15, 0.2) is 65.6 Å². The van der Waals surface area contributed by atoms with Gasteiger partial charge in [-0.15, -0.1) is 0 Å². The summed E-state index contributed by atoms with van der Waals surface area (Å²) in [5.74, 6) is 0. The summed E-state index contributed by atoms with van der Waals surface area (Å²) in [5.41, 5.74) is 2.07. The summed E-state index contributed by atoms with van der Waals surface area (Å²) in [6.07, 6.45) is -0.660. The number of halogens is 3. The molecule has 1 heterocycles. The van der Waals surface area contributed by atoms with Crippen LogP contribution in [-0.4, -0.2) is 30.9 Å². The Morgan fingerprint density at radius 2 is 1.74 bits per heavy atom. The molecule has 0 unspecified atom stereocenters. The van der Waals surface area contributed by atoms with Gasteiger partial charge in [0, 0.05) is 42.0 Å². The third-order valence-corrected chi connectivity index (χ3v) is 4.85. The molecular weight excluding hydrogens is 405 g/mol. The molecule has 0 saturated carbocycles. The molecule has 0 atom stereocenters. The highest BCUT2D eigenvalue weighted by molar-refractivity contribution is 5.86. The second-order valence-electron chi connectivity index (χ2n) is 7.00. The summed E-state index contributed by atoms with van der Waals surface area (Å²) < 4.78 is 39.7. The molecular formula is C23H23F3N4O. The van der Waals surface area contributed by atoms with E-state index in [0.29, 0.717) is 22.4 Å². The highest BCUT2D eigenvalue weighted by Crippen LogP contribution is 2.30. The Morgan fingerprint density at radius 1 is 1.00 bits per heavy atom. The lowest BCUT2D eigenvalue weighted by Crippen LogP contribution is -2.17. The minimum atomic E-state index is -4.40. The molecule has 2 aromatic carbocycles. The second-order valence-corrected chi connectivity index (χ2v) is 7.00. The predicted molar refractivity (Wildman–Crippen MR) is 117 cm³/mol. The molecule has 0 amide bonds. The summed E-state index contributed by atoms with van der Waals surface area (Å²) in [4.78, 5) is 12.7. The molecule has 0 bridgehead atoms.